The Balaban J connectivity index is 1.56. The van der Waals surface area contributed by atoms with E-state index < -0.39 is 0 Å². The molecule has 25 heavy (non-hydrogen) atoms. The molecule has 1 aromatic rings. The maximum Gasteiger partial charge on any atom is 0.191 e. The third-order valence-electron chi connectivity index (χ3n) is 4.89. The lowest BCUT2D eigenvalue weighted by Crippen LogP contribution is -2.47. The van der Waals surface area contributed by atoms with Gasteiger partial charge in [0, 0.05) is 13.1 Å². The molecular formula is C19H29N3O3. The number of hydrogen-bond donors (Lipinski definition) is 2. The average Bonchev–Trinajstić information content (AvgIpc) is 3.24. The Hall–Kier alpha value is -1.95. The number of fused-ring (bicyclic) bond motifs is 2. The zero-order valence-corrected chi connectivity index (χ0v) is 15.4. The molecule has 138 valence electrons. The van der Waals surface area contributed by atoms with Crippen molar-refractivity contribution >= 4 is 5.96 Å². The lowest BCUT2D eigenvalue weighted by molar-refractivity contribution is 0.0992. The van der Waals surface area contributed by atoms with Crippen molar-refractivity contribution in [3.8, 4) is 11.5 Å². The fourth-order valence-electron chi connectivity index (χ4n) is 3.62. The molecule has 2 N–H and O–H groups in total. The second-order valence-corrected chi connectivity index (χ2v) is 6.56. The molecule has 2 fully saturated rings. The molecule has 0 radical (unpaired) electrons. The summed E-state index contributed by atoms with van der Waals surface area (Å²) in [5.41, 5.74) is 1.18. The highest BCUT2D eigenvalue weighted by Gasteiger charge is 2.41. The second kappa shape index (κ2) is 8.43. The van der Waals surface area contributed by atoms with Crippen LogP contribution in [-0.4, -0.2) is 51.5 Å². The first-order chi connectivity index (χ1) is 12.2. The van der Waals surface area contributed by atoms with Crippen molar-refractivity contribution in [3.05, 3.63) is 23.8 Å². The molecule has 1 aromatic carbocycles. The van der Waals surface area contributed by atoms with Crippen molar-refractivity contribution in [1.29, 1.82) is 0 Å². The van der Waals surface area contributed by atoms with E-state index in [1.165, 1.54) is 12.0 Å². The van der Waals surface area contributed by atoms with Crippen LogP contribution in [0.2, 0.25) is 0 Å². The van der Waals surface area contributed by atoms with Crippen LogP contribution in [0.15, 0.2) is 23.2 Å². The highest BCUT2D eigenvalue weighted by molar-refractivity contribution is 5.80. The van der Waals surface area contributed by atoms with Gasteiger partial charge in [0.2, 0.25) is 0 Å². The van der Waals surface area contributed by atoms with E-state index in [2.05, 4.69) is 23.6 Å². The molecule has 3 rings (SSSR count). The Morgan fingerprint density at radius 3 is 2.72 bits per heavy atom. The average molecular weight is 347 g/mol. The van der Waals surface area contributed by atoms with Gasteiger partial charge in [0.05, 0.1) is 32.5 Å². The largest absolute Gasteiger partial charge is 0.493 e. The summed E-state index contributed by atoms with van der Waals surface area (Å²) in [4.78, 5) is 4.72. The Morgan fingerprint density at radius 2 is 2.08 bits per heavy atom. The predicted molar refractivity (Wildman–Crippen MR) is 98.7 cm³/mol. The number of methoxy groups -OCH3 is 2. The number of aliphatic imine (C=N–C) groups is 1. The molecule has 0 amide bonds. The maximum atomic E-state index is 5.91. The first-order valence-corrected chi connectivity index (χ1v) is 9.14. The summed E-state index contributed by atoms with van der Waals surface area (Å²) in [6.45, 7) is 3.65. The number of nitrogens with zero attached hydrogens (tertiary/aromatic N) is 1. The lowest BCUT2D eigenvalue weighted by atomic mass is 9.96. The molecular weight excluding hydrogens is 318 g/mol. The van der Waals surface area contributed by atoms with Gasteiger partial charge in [-0.05, 0) is 50.3 Å². The van der Waals surface area contributed by atoms with Gasteiger partial charge in [-0.3, -0.25) is 4.99 Å². The second-order valence-electron chi connectivity index (χ2n) is 6.56. The monoisotopic (exact) mass is 347 g/mol. The number of rotatable bonds is 7. The van der Waals surface area contributed by atoms with E-state index in [9.17, 15) is 0 Å². The summed E-state index contributed by atoms with van der Waals surface area (Å²) in [6, 6.07) is 6.39. The van der Waals surface area contributed by atoms with E-state index in [0.29, 0.717) is 24.8 Å². The van der Waals surface area contributed by atoms with Crippen molar-refractivity contribution in [2.24, 2.45) is 4.99 Å². The first kappa shape index (κ1) is 17.9. The van der Waals surface area contributed by atoms with Gasteiger partial charge >= 0.3 is 0 Å². The van der Waals surface area contributed by atoms with Gasteiger partial charge in [-0.25, -0.2) is 0 Å². The molecule has 3 atom stereocenters. The Kier molecular flexibility index (Phi) is 6.02. The summed E-state index contributed by atoms with van der Waals surface area (Å²) in [5.74, 6) is 2.39. The van der Waals surface area contributed by atoms with Crippen molar-refractivity contribution < 1.29 is 14.2 Å². The summed E-state index contributed by atoms with van der Waals surface area (Å²) in [6.07, 6.45) is 5.09. The van der Waals surface area contributed by atoms with Gasteiger partial charge in [-0.1, -0.05) is 6.07 Å². The Labute approximate surface area is 149 Å². The van der Waals surface area contributed by atoms with Crippen LogP contribution in [0, 0.1) is 0 Å². The predicted octanol–water partition coefficient (Wildman–Crippen LogP) is 2.12. The van der Waals surface area contributed by atoms with Crippen LogP contribution in [0.4, 0.5) is 0 Å². The van der Waals surface area contributed by atoms with Crippen molar-refractivity contribution in [1.82, 2.24) is 10.6 Å². The molecule has 2 heterocycles. The van der Waals surface area contributed by atoms with Gasteiger partial charge in [-0.2, -0.15) is 0 Å². The number of guanidine groups is 1. The summed E-state index contributed by atoms with van der Waals surface area (Å²) < 4.78 is 16.6. The van der Waals surface area contributed by atoms with E-state index in [0.717, 1.165) is 43.3 Å². The van der Waals surface area contributed by atoms with Gasteiger partial charge < -0.3 is 24.8 Å². The van der Waals surface area contributed by atoms with E-state index in [1.54, 1.807) is 14.2 Å². The molecule has 3 unspecified atom stereocenters. The smallest absolute Gasteiger partial charge is 0.191 e. The molecule has 2 aliphatic heterocycles. The molecule has 2 saturated heterocycles. The van der Waals surface area contributed by atoms with Crippen molar-refractivity contribution in [2.45, 2.75) is 50.9 Å². The third-order valence-corrected chi connectivity index (χ3v) is 4.89. The summed E-state index contributed by atoms with van der Waals surface area (Å²) in [5, 5.41) is 6.88. The molecule has 0 aromatic heterocycles. The topological polar surface area (TPSA) is 64.1 Å². The van der Waals surface area contributed by atoms with Crippen LogP contribution in [0.5, 0.6) is 11.5 Å². The third kappa shape index (κ3) is 4.37. The zero-order valence-electron chi connectivity index (χ0n) is 15.4. The fourth-order valence-corrected chi connectivity index (χ4v) is 3.62. The number of hydrogen-bond acceptors (Lipinski definition) is 4. The SMILES string of the molecule is CCNC(=NCCc1ccc(OC)c(OC)c1)NC1CC2CCC1O2. The van der Waals surface area contributed by atoms with E-state index in [-0.39, 0.29) is 0 Å². The summed E-state index contributed by atoms with van der Waals surface area (Å²) in [7, 11) is 3.31. The van der Waals surface area contributed by atoms with Gasteiger partial charge in [-0.15, -0.1) is 0 Å². The molecule has 6 heteroatoms. The van der Waals surface area contributed by atoms with E-state index in [1.807, 2.05) is 12.1 Å². The van der Waals surface area contributed by atoms with Crippen LogP contribution in [0.25, 0.3) is 0 Å². The Morgan fingerprint density at radius 1 is 1.24 bits per heavy atom. The minimum Gasteiger partial charge on any atom is -0.493 e. The molecule has 0 saturated carbocycles. The minimum absolute atomic E-state index is 0.347. The number of benzene rings is 1. The number of ether oxygens (including phenoxy) is 3. The van der Waals surface area contributed by atoms with Gasteiger partial charge in [0.1, 0.15) is 0 Å². The number of nitrogens with one attached hydrogen (secondary N) is 2. The maximum absolute atomic E-state index is 5.91. The van der Waals surface area contributed by atoms with Crippen LogP contribution in [0.1, 0.15) is 31.7 Å². The molecule has 0 aliphatic carbocycles. The quantitative estimate of drug-likeness (QED) is 0.584. The Bertz CT molecular complexity index is 606. The first-order valence-electron chi connectivity index (χ1n) is 9.14. The molecule has 6 nitrogen and oxygen atoms in total. The normalized spacial score (nSPS) is 25.1. The van der Waals surface area contributed by atoms with E-state index in [4.69, 9.17) is 19.2 Å². The van der Waals surface area contributed by atoms with Gasteiger partial charge in [0.15, 0.2) is 17.5 Å². The fraction of sp³-hybridized carbons (Fsp3) is 0.632. The lowest BCUT2D eigenvalue weighted by Gasteiger charge is -2.22. The minimum atomic E-state index is 0.347. The van der Waals surface area contributed by atoms with Crippen LogP contribution >= 0.6 is 0 Å². The molecule has 0 spiro atoms. The highest BCUT2D eigenvalue weighted by atomic mass is 16.5. The van der Waals surface area contributed by atoms with Crippen LogP contribution in [0.3, 0.4) is 0 Å². The molecule has 2 bridgehead atoms. The molecule has 2 aliphatic rings. The van der Waals surface area contributed by atoms with E-state index >= 15 is 0 Å². The summed E-state index contributed by atoms with van der Waals surface area (Å²) >= 11 is 0. The van der Waals surface area contributed by atoms with Crippen LogP contribution < -0.4 is 20.1 Å². The van der Waals surface area contributed by atoms with Gasteiger partial charge in [0.25, 0.3) is 0 Å². The van der Waals surface area contributed by atoms with Crippen molar-refractivity contribution in [2.75, 3.05) is 27.3 Å². The zero-order chi connectivity index (χ0) is 17.6. The van der Waals surface area contributed by atoms with Crippen molar-refractivity contribution in [3.63, 3.8) is 0 Å². The highest BCUT2D eigenvalue weighted by Crippen LogP contribution is 2.34. The standard InChI is InChI=1S/C19H29N3O3/c1-4-20-19(22-15-12-14-6-8-16(15)25-14)21-10-9-13-5-7-17(23-2)18(11-13)24-3/h5,7,11,14-16H,4,6,8-10,12H2,1-3H3,(H2,20,21,22). The van der Waals surface area contributed by atoms with Crippen LogP contribution in [-0.2, 0) is 11.2 Å².